The van der Waals surface area contributed by atoms with Crippen LogP contribution in [0.15, 0.2) is 6.33 Å². The molecule has 0 atom stereocenters. The lowest BCUT2D eigenvalue weighted by Gasteiger charge is -1.98. The molecule has 1 aromatic rings. The molecule has 0 unspecified atom stereocenters. The maximum absolute atomic E-state index is 4.03. The van der Waals surface area contributed by atoms with Crippen molar-refractivity contribution in [2.45, 2.75) is 62.3 Å². The van der Waals surface area contributed by atoms with Crippen LogP contribution in [0.25, 0.3) is 0 Å². The molecule has 0 bridgehead atoms. The molecular formula is C13H28N2. The molecule has 1 rings (SSSR count). The summed E-state index contributed by atoms with van der Waals surface area (Å²) in [6.45, 7) is 18.0. The highest BCUT2D eigenvalue weighted by Gasteiger charge is 1.94. The smallest absolute Gasteiger partial charge is 0.115 e. The molecule has 0 aliphatic rings. The van der Waals surface area contributed by atoms with Gasteiger partial charge in [0.1, 0.15) is 6.33 Å². The molecule has 90 valence electrons. The molecule has 2 nitrogen and oxygen atoms in total. The summed E-state index contributed by atoms with van der Waals surface area (Å²) in [7, 11) is 0. The van der Waals surface area contributed by atoms with Gasteiger partial charge >= 0.3 is 0 Å². The number of nitrogens with zero attached hydrogens (tertiary/aromatic N) is 2. The molecule has 0 N–H and O–H groups in total. The summed E-state index contributed by atoms with van der Waals surface area (Å²) in [5, 5.41) is 0. The molecule has 0 aromatic carbocycles. The van der Waals surface area contributed by atoms with Gasteiger partial charge in [-0.1, -0.05) is 41.5 Å². The van der Waals surface area contributed by atoms with E-state index in [9.17, 15) is 0 Å². The Balaban J connectivity index is -0.000000208. The van der Waals surface area contributed by atoms with Crippen molar-refractivity contribution >= 4 is 0 Å². The predicted octanol–water partition coefficient (Wildman–Crippen LogP) is 4.48. The van der Waals surface area contributed by atoms with Crippen molar-refractivity contribution in [3.63, 3.8) is 0 Å². The van der Waals surface area contributed by atoms with Gasteiger partial charge in [0.15, 0.2) is 0 Å². The third-order valence-electron chi connectivity index (χ3n) is 1.59. The number of rotatable bonds is 0. The van der Waals surface area contributed by atoms with Crippen molar-refractivity contribution in [1.82, 2.24) is 9.97 Å². The molecule has 1 aromatic heterocycles. The molecule has 0 aliphatic heterocycles. The fraction of sp³-hybridized carbons (Fsp3) is 0.692. The average Bonchev–Trinajstić information content (AvgIpc) is 2.34. The number of aromatic nitrogens is 2. The normalized spacial score (nSPS) is 7.00. The molecule has 0 fully saturated rings. The highest BCUT2D eigenvalue weighted by molar-refractivity contribution is 5.19. The van der Waals surface area contributed by atoms with E-state index in [1.807, 2.05) is 62.3 Å². The molecule has 0 saturated carbocycles. The van der Waals surface area contributed by atoms with Crippen molar-refractivity contribution in [3.05, 3.63) is 23.3 Å². The minimum atomic E-state index is 1.07. The summed E-state index contributed by atoms with van der Waals surface area (Å²) in [6.07, 6.45) is 1.59. The van der Waals surface area contributed by atoms with Gasteiger partial charge in [0.05, 0.1) is 0 Å². The fourth-order valence-corrected chi connectivity index (χ4v) is 0.658. The Hall–Kier alpha value is -0.920. The fourth-order valence-electron chi connectivity index (χ4n) is 0.658. The first-order chi connectivity index (χ1) is 7.22. The second-order valence-electron chi connectivity index (χ2n) is 2.17. The predicted molar refractivity (Wildman–Crippen MR) is 70.3 cm³/mol. The van der Waals surface area contributed by atoms with Crippen molar-refractivity contribution in [3.8, 4) is 0 Å². The Bertz CT molecular complexity index is 200. The van der Waals surface area contributed by atoms with Crippen LogP contribution < -0.4 is 0 Å². The Kier molecular flexibility index (Phi) is 20.3. The summed E-state index contributed by atoms with van der Waals surface area (Å²) in [5.74, 6) is 0. The van der Waals surface area contributed by atoms with Crippen molar-refractivity contribution < 1.29 is 0 Å². The molecule has 0 aliphatic carbocycles. The summed E-state index contributed by atoms with van der Waals surface area (Å²) in [4.78, 5) is 8.06. The minimum absolute atomic E-state index is 1.07. The molecule has 1 heterocycles. The van der Waals surface area contributed by atoms with Gasteiger partial charge in [-0.25, -0.2) is 9.97 Å². The molecule has 0 saturated heterocycles. The van der Waals surface area contributed by atoms with E-state index in [-0.39, 0.29) is 0 Å². The number of aryl methyl sites for hydroxylation is 2. The topological polar surface area (TPSA) is 25.8 Å². The summed E-state index contributed by atoms with van der Waals surface area (Å²) < 4.78 is 0. The lowest BCUT2D eigenvalue weighted by atomic mass is 10.2. The van der Waals surface area contributed by atoms with Gasteiger partial charge < -0.3 is 0 Å². The highest BCUT2D eigenvalue weighted by atomic mass is 14.8. The first-order valence-electron chi connectivity index (χ1n) is 5.96. The lowest BCUT2D eigenvalue weighted by molar-refractivity contribution is 1.01. The zero-order valence-corrected chi connectivity index (χ0v) is 12.0. The summed E-state index contributed by atoms with van der Waals surface area (Å²) >= 11 is 0. The number of hydrogen-bond donors (Lipinski definition) is 0. The SMILES string of the molecule is CC.CC.CC.Cc1ncnc(C)c1C. The van der Waals surface area contributed by atoms with E-state index in [1.165, 1.54) is 5.56 Å². The Labute approximate surface area is 96.2 Å². The molecule has 15 heavy (non-hydrogen) atoms. The summed E-state index contributed by atoms with van der Waals surface area (Å²) in [5.41, 5.74) is 3.34. The molecule has 0 radical (unpaired) electrons. The van der Waals surface area contributed by atoms with E-state index < -0.39 is 0 Å². The van der Waals surface area contributed by atoms with Gasteiger partial charge in [-0.15, -0.1) is 0 Å². The molecule has 2 heteroatoms. The Morgan fingerprint density at radius 1 is 0.667 bits per heavy atom. The third kappa shape index (κ3) is 9.39. The van der Waals surface area contributed by atoms with Crippen LogP contribution in [0.4, 0.5) is 0 Å². The van der Waals surface area contributed by atoms with Crippen LogP contribution in [0.3, 0.4) is 0 Å². The van der Waals surface area contributed by atoms with Crippen LogP contribution >= 0.6 is 0 Å². The van der Waals surface area contributed by atoms with Gasteiger partial charge in [0.2, 0.25) is 0 Å². The van der Waals surface area contributed by atoms with Crippen LogP contribution in [0, 0.1) is 20.8 Å². The summed E-state index contributed by atoms with van der Waals surface area (Å²) in [6, 6.07) is 0. The van der Waals surface area contributed by atoms with E-state index in [2.05, 4.69) is 9.97 Å². The maximum atomic E-state index is 4.03. The monoisotopic (exact) mass is 212 g/mol. The van der Waals surface area contributed by atoms with E-state index >= 15 is 0 Å². The van der Waals surface area contributed by atoms with Crippen LogP contribution in [0.1, 0.15) is 58.5 Å². The van der Waals surface area contributed by atoms with E-state index in [4.69, 9.17) is 0 Å². The first kappa shape index (κ1) is 19.6. The van der Waals surface area contributed by atoms with Gasteiger partial charge in [0.25, 0.3) is 0 Å². The molecular weight excluding hydrogens is 184 g/mol. The highest BCUT2D eigenvalue weighted by Crippen LogP contribution is 2.03. The Morgan fingerprint density at radius 3 is 1.13 bits per heavy atom. The zero-order chi connectivity index (χ0) is 12.9. The molecule has 0 amide bonds. The Morgan fingerprint density at radius 2 is 0.933 bits per heavy atom. The third-order valence-corrected chi connectivity index (χ3v) is 1.59. The second kappa shape index (κ2) is 15.5. The lowest BCUT2D eigenvalue weighted by Crippen LogP contribution is -1.92. The van der Waals surface area contributed by atoms with Crippen LogP contribution in [-0.2, 0) is 0 Å². The average molecular weight is 212 g/mol. The van der Waals surface area contributed by atoms with Crippen molar-refractivity contribution in [2.75, 3.05) is 0 Å². The molecule has 0 spiro atoms. The number of hydrogen-bond acceptors (Lipinski definition) is 2. The maximum Gasteiger partial charge on any atom is 0.115 e. The minimum Gasteiger partial charge on any atom is -0.241 e. The first-order valence-corrected chi connectivity index (χ1v) is 5.96. The van der Waals surface area contributed by atoms with E-state index in [0.29, 0.717) is 0 Å². The standard InChI is InChI=1S/C7H10N2.3C2H6/c1-5-6(2)8-4-9-7(5)3;3*1-2/h4H,1-3H3;3*1-2H3. The van der Waals surface area contributed by atoms with Crippen molar-refractivity contribution in [1.29, 1.82) is 0 Å². The van der Waals surface area contributed by atoms with Crippen molar-refractivity contribution in [2.24, 2.45) is 0 Å². The van der Waals surface area contributed by atoms with E-state index in [1.54, 1.807) is 6.33 Å². The van der Waals surface area contributed by atoms with Gasteiger partial charge in [-0.3, -0.25) is 0 Å². The van der Waals surface area contributed by atoms with E-state index in [0.717, 1.165) is 11.4 Å². The quantitative estimate of drug-likeness (QED) is 0.633. The second-order valence-corrected chi connectivity index (χ2v) is 2.17. The van der Waals surface area contributed by atoms with Crippen LogP contribution in [0.2, 0.25) is 0 Å². The largest absolute Gasteiger partial charge is 0.241 e. The van der Waals surface area contributed by atoms with Gasteiger partial charge in [-0.05, 0) is 26.3 Å². The van der Waals surface area contributed by atoms with Crippen LogP contribution in [0.5, 0.6) is 0 Å². The van der Waals surface area contributed by atoms with Gasteiger partial charge in [0, 0.05) is 11.4 Å². The zero-order valence-electron chi connectivity index (χ0n) is 12.0. The van der Waals surface area contributed by atoms with Gasteiger partial charge in [-0.2, -0.15) is 0 Å². The van der Waals surface area contributed by atoms with Crippen LogP contribution in [-0.4, -0.2) is 9.97 Å².